The molecule has 3 heterocycles. The van der Waals surface area contributed by atoms with Gasteiger partial charge in [-0.3, -0.25) is 9.59 Å². The molecule has 0 aromatic carbocycles. The number of hydrogen-bond donors (Lipinski definition) is 2. The number of nitrogens with one attached hydrogen (secondary N) is 1. The van der Waals surface area contributed by atoms with Crippen LogP contribution in [0.3, 0.4) is 0 Å². The Morgan fingerprint density at radius 3 is 2.70 bits per heavy atom. The molecule has 23 heavy (non-hydrogen) atoms. The van der Waals surface area contributed by atoms with Crippen molar-refractivity contribution in [3.8, 4) is 0 Å². The van der Waals surface area contributed by atoms with Crippen molar-refractivity contribution in [3.63, 3.8) is 0 Å². The third kappa shape index (κ3) is 3.98. The van der Waals surface area contributed by atoms with E-state index in [0.29, 0.717) is 45.8 Å². The zero-order chi connectivity index (χ0) is 15.5. The van der Waals surface area contributed by atoms with Crippen LogP contribution < -0.4 is 11.1 Å². The van der Waals surface area contributed by atoms with Gasteiger partial charge in [0.25, 0.3) is 5.91 Å². The van der Waals surface area contributed by atoms with Crippen molar-refractivity contribution in [1.82, 2.24) is 25.2 Å². The number of morpholine rings is 1. The first-order valence-corrected chi connectivity index (χ1v) is 7.44. The molecule has 1 aromatic heterocycles. The minimum atomic E-state index is -0.601. The summed E-state index contributed by atoms with van der Waals surface area (Å²) in [4.78, 5) is 25.5. The van der Waals surface area contributed by atoms with E-state index in [1.165, 1.54) is 6.20 Å². The maximum Gasteiger partial charge on any atom is 0.270 e. The van der Waals surface area contributed by atoms with E-state index in [1.54, 1.807) is 4.68 Å². The molecule has 0 radical (unpaired) electrons. The van der Waals surface area contributed by atoms with E-state index < -0.39 is 5.91 Å². The minimum absolute atomic E-state index is 0. The number of aromatic nitrogens is 3. The van der Waals surface area contributed by atoms with Crippen LogP contribution >= 0.6 is 12.4 Å². The SMILES string of the molecule is Cl.NC(=O)c1cn([C@@H]2CNC[C@H](C(=O)N3CCOCC3)C2)nn1. The average Bonchev–Trinajstić information content (AvgIpc) is 3.05. The molecular formula is C13H21ClN6O3. The molecule has 0 saturated carbocycles. The number of piperidine rings is 1. The van der Waals surface area contributed by atoms with E-state index in [-0.39, 0.29) is 36.0 Å². The Morgan fingerprint density at radius 1 is 1.30 bits per heavy atom. The standard InChI is InChI=1S/C13H20N6O3.ClH/c14-12(20)11-8-19(17-16-11)10-5-9(6-15-7-10)13(21)18-1-3-22-4-2-18;/h8-10,15H,1-7H2,(H2,14,20);1H/t9-,10+;/m1./s1. The highest BCUT2D eigenvalue weighted by Gasteiger charge is 2.32. The van der Waals surface area contributed by atoms with Crippen molar-refractivity contribution in [3.05, 3.63) is 11.9 Å². The van der Waals surface area contributed by atoms with Gasteiger partial charge in [-0.2, -0.15) is 0 Å². The molecule has 2 aliphatic rings. The van der Waals surface area contributed by atoms with Crippen LogP contribution in [0.15, 0.2) is 6.20 Å². The molecule has 2 fully saturated rings. The van der Waals surface area contributed by atoms with Gasteiger partial charge in [0.1, 0.15) is 0 Å². The lowest BCUT2D eigenvalue weighted by molar-refractivity contribution is -0.140. The van der Waals surface area contributed by atoms with Crippen LogP contribution in [0.1, 0.15) is 23.0 Å². The molecule has 2 saturated heterocycles. The van der Waals surface area contributed by atoms with Gasteiger partial charge in [0.2, 0.25) is 5.91 Å². The predicted octanol–water partition coefficient (Wildman–Crippen LogP) is -1.19. The van der Waals surface area contributed by atoms with Gasteiger partial charge < -0.3 is 20.7 Å². The molecule has 0 spiro atoms. The molecule has 128 valence electrons. The smallest absolute Gasteiger partial charge is 0.270 e. The van der Waals surface area contributed by atoms with Crippen LogP contribution in [-0.2, 0) is 9.53 Å². The van der Waals surface area contributed by atoms with E-state index in [4.69, 9.17) is 10.5 Å². The van der Waals surface area contributed by atoms with Gasteiger partial charge in [-0.15, -0.1) is 17.5 Å². The number of primary amides is 1. The Hall–Kier alpha value is -1.71. The van der Waals surface area contributed by atoms with E-state index >= 15 is 0 Å². The Kier molecular flexibility index (Phi) is 5.91. The Morgan fingerprint density at radius 2 is 2.04 bits per heavy atom. The van der Waals surface area contributed by atoms with E-state index in [0.717, 1.165) is 0 Å². The highest BCUT2D eigenvalue weighted by molar-refractivity contribution is 5.90. The summed E-state index contributed by atoms with van der Waals surface area (Å²) in [6.45, 7) is 3.84. The van der Waals surface area contributed by atoms with E-state index in [1.807, 2.05) is 4.90 Å². The van der Waals surface area contributed by atoms with Gasteiger partial charge in [-0.1, -0.05) is 5.21 Å². The van der Waals surface area contributed by atoms with Crippen LogP contribution in [0.5, 0.6) is 0 Å². The molecule has 2 atom stereocenters. The van der Waals surface area contributed by atoms with Gasteiger partial charge in [0.15, 0.2) is 5.69 Å². The Bertz CT molecular complexity index is 560. The van der Waals surface area contributed by atoms with Crippen LogP contribution in [-0.4, -0.2) is 71.1 Å². The maximum absolute atomic E-state index is 12.6. The quantitative estimate of drug-likeness (QED) is 0.712. The third-order valence-electron chi connectivity index (χ3n) is 4.14. The molecule has 1 aromatic rings. The third-order valence-corrected chi connectivity index (χ3v) is 4.14. The fourth-order valence-electron chi connectivity index (χ4n) is 2.92. The number of carbonyl (C=O) groups excluding carboxylic acids is 2. The van der Waals surface area contributed by atoms with Gasteiger partial charge in [0.05, 0.1) is 31.4 Å². The van der Waals surface area contributed by atoms with E-state index in [9.17, 15) is 9.59 Å². The van der Waals surface area contributed by atoms with Gasteiger partial charge in [0, 0.05) is 26.2 Å². The number of amides is 2. The summed E-state index contributed by atoms with van der Waals surface area (Å²) in [5.41, 5.74) is 5.33. The summed E-state index contributed by atoms with van der Waals surface area (Å²) in [6.07, 6.45) is 2.21. The van der Waals surface area contributed by atoms with Crippen LogP contribution in [0.25, 0.3) is 0 Å². The summed E-state index contributed by atoms with van der Waals surface area (Å²) in [5.74, 6) is -0.551. The highest BCUT2D eigenvalue weighted by atomic mass is 35.5. The zero-order valence-electron chi connectivity index (χ0n) is 12.7. The van der Waals surface area contributed by atoms with Crippen molar-refractivity contribution in [2.45, 2.75) is 12.5 Å². The normalized spacial score (nSPS) is 24.8. The van der Waals surface area contributed by atoms with Crippen LogP contribution in [0.4, 0.5) is 0 Å². The number of carbonyl (C=O) groups is 2. The number of ether oxygens (including phenoxy) is 1. The first kappa shape index (κ1) is 17.6. The fourth-order valence-corrected chi connectivity index (χ4v) is 2.92. The van der Waals surface area contributed by atoms with Crippen molar-refractivity contribution < 1.29 is 14.3 Å². The van der Waals surface area contributed by atoms with Crippen molar-refractivity contribution in [1.29, 1.82) is 0 Å². The molecule has 2 amide bonds. The molecule has 0 bridgehead atoms. The molecule has 3 N–H and O–H groups in total. The number of rotatable bonds is 3. The van der Waals surface area contributed by atoms with E-state index in [2.05, 4.69) is 15.6 Å². The lowest BCUT2D eigenvalue weighted by atomic mass is 9.94. The number of nitrogens with two attached hydrogens (primary N) is 1. The monoisotopic (exact) mass is 344 g/mol. The summed E-state index contributed by atoms with van der Waals surface area (Å²) in [5, 5.41) is 11.0. The van der Waals surface area contributed by atoms with Crippen molar-refractivity contribution in [2.24, 2.45) is 11.7 Å². The summed E-state index contributed by atoms with van der Waals surface area (Å²) in [7, 11) is 0. The lowest BCUT2D eigenvalue weighted by Gasteiger charge is -2.34. The zero-order valence-corrected chi connectivity index (χ0v) is 13.5. The molecule has 3 rings (SSSR count). The van der Waals surface area contributed by atoms with Crippen LogP contribution in [0.2, 0.25) is 0 Å². The molecular weight excluding hydrogens is 324 g/mol. The second-order valence-corrected chi connectivity index (χ2v) is 5.63. The summed E-state index contributed by atoms with van der Waals surface area (Å²) < 4.78 is 6.89. The van der Waals surface area contributed by atoms with Gasteiger partial charge in [-0.25, -0.2) is 4.68 Å². The maximum atomic E-state index is 12.6. The minimum Gasteiger partial charge on any atom is -0.378 e. The molecule has 0 unspecified atom stereocenters. The second kappa shape index (κ2) is 7.71. The number of nitrogens with zero attached hydrogens (tertiary/aromatic N) is 4. The average molecular weight is 345 g/mol. The largest absolute Gasteiger partial charge is 0.378 e. The summed E-state index contributed by atoms with van der Waals surface area (Å²) >= 11 is 0. The fraction of sp³-hybridized carbons (Fsp3) is 0.692. The number of hydrogen-bond acceptors (Lipinski definition) is 6. The Labute approximate surface area is 139 Å². The Balaban J connectivity index is 0.00000192. The summed E-state index contributed by atoms with van der Waals surface area (Å²) in [6, 6.07) is -0.00987. The number of halogens is 1. The highest BCUT2D eigenvalue weighted by Crippen LogP contribution is 2.22. The predicted molar refractivity (Wildman–Crippen MR) is 83.2 cm³/mol. The van der Waals surface area contributed by atoms with Gasteiger partial charge >= 0.3 is 0 Å². The molecule has 9 nitrogen and oxygen atoms in total. The first-order chi connectivity index (χ1) is 10.6. The topological polar surface area (TPSA) is 115 Å². The first-order valence-electron chi connectivity index (χ1n) is 7.44. The van der Waals surface area contributed by atoms with Crippen LogP contribution in [0, 0.1) is 5.92 Å². The lowest BCUT2D eigenvalue weighted by Crippen LogP contribution is -2.49. The van der Waals surface area contributed by atoms with Crippen molar-refractivity contribution in [2.75, 3.05) is 39.4 Å². The molecule has 0 aliphatic carbocycles. The second-order valence-electron chi connectivity index (χ2n) is 5.63. The molecule has 10 heteroatoms. The molecule has 2 aliphatic heterocycles. The van der Waals surface area contributed by atoms with Gasteiger partial charge in [-0.05, 0) is 6.42 Å². The van der Waals surface area contributed by atoms with Crippen molar-refractivity contribution >= 4 is 24.2 Å².